The summed E-state index contributed by atoms with van der Waals surface area (Å²) in [6.07, 6.45) is 3.99. The molecule has 17 heavy (non-hydrogen) atoms. The minimum absolute atomic E-state index is 0.504. The summed E-state index contributed by atoms with van der Waals surface area (Å²) in [5.74, 6) is 1.11. The van der Waals surface area contributed by atoms with E-state index >= 15 is 0 Å². The van der Waals surface area contributed by atoms with Crippen LogP contribution in [0.3, 0.4) is 0 Å². The zero-order valence-electron chi connectivity index (χ0n) is 11.1. The van der Waals surface area contributed by atoms with Crippen LogP contribution in [0.2, 0.25) is 0 Å². The number of pyridine rings is 1. The normalized spacial score (nSPS) is 16.0. The molecule has 0 radical (unpaired) electrons. The van der Waals surface area contributed by atoms with Crippen molar-refractivity contribution in [3.05, 3.63) is 23.9 Å². The number of aromatic nitrogens is 1. The van der Waals surface area contributed by atoms with Crippen molar-refractivity contribution < 1.29 is 0 Å². The van der Waals surface area contributed by atoms with Crippen LogP contribution >= 0.6 is 0 Å². The van der Waals surface area contributed by atoms with E-state index in [9.17, 15) is 0 Å². The van der Waals surface area contributed by atoms with Crippen molar-refractivity contribution in [3.63, 3.8) is 0 Å². The standard InChI is InChI=1S/C14H23N3/c1-11(2)15-10-12-6-4-9-14(16-12)17(3)13-7-5-8-13/h4,6,9,11,13,15H,5,7-8,10H2,1-3H3. The second kappa shape index (κ2) is 5.50. The highest BCUT2D eigenvalue weighted by molar-refractivity contribution is 5.40. The fraction of sp³-hybridized carbons (Fsp3) is 0.643. The molecular formula is C14H23N3. The first kappa shape index (κ1) is 12.4. The van der Waals surface area contributed by atoms with Crippen molar-refractivity contribution in [1.29, 1.82) is 0 Å². The Morgan fingerprint density at radius 2 is 2.18 bits per heavy atom. The minimum Gasteiger partial charge on any atom is -0.357 e. The number of rotatable bonds is 5. The largest absolute Gasteiger partial charge is 0.357 e. The molecule has 2 rings (SSSR count). The first-order valence-corrected chi connectivity index (χ1v) is 6.59. The van der Waals surface area contributed by atoms with Gasteiger partial charge in [-0.2, -0.15) is 0 Å². The van der Waals surface area contributed by atoms with Gasteiger partial charge < -0.3 is 10.2 Å². The maximum absolute atomic E-state index is 4.71. The molecule has 0 unspecified atom stereocenters. The quantitative estimate of drug-likeness (QED) is 0.847. The molecular weight excluding hydrogens is 210 g/mol. The molecule has 0 atom stereocenters. The monoisotopic (exact) mass is 233 g/mol. The maximum atomic E-state index is 4.71. The van der Waals surface area contributed by atoms with Crippen molar-refractivity contribution >= 4 is 5.82 Å². The molecule has 0 spiro atoms. The van der Waals surface area contributed by atoms with E-state index in [-0.39, 0.29) is 0 Å². The third-order valence-corrected chi connectivity index (χ3v) is 3.47. The van der Waals surface area contributed by atoms with Crippen LogP contribution in [0.1, 0.15) is 38.8 Å². The summed E-state index contributed by atoms with van der Waals surface area (Å²) >= 11 is 0. The molecule has 1 fully saturated rings. The molecule has 1 saturated carbocycles. The zero-order valence-corrected chi connectivity index (χ0v) is 11.1. The fourth-order valence-electron chi connectivity index (χ4n) is 2.03. The van der Waals surface area contributed by atoms with Gasteiger partial charge >= 0.3 is 0 Å². The average molecular weight is 233 g/mol. The van der Waals surface area contributed by atoms with Crippen LogP contribution < -0.4 is 10.2 Å². The summed E-state index contributed by atoms with van der Waals surface area (Å²) in [6.45, 7) is 5.17. The second-order valence-corrected chi connectivity index (χ2v) is 5.22. The predicted octanol–water partition coefficient (Wildman–Crippen LogP) is 2.57. The van der Waals surface area contributed by atoms with E-state index in [1.165, 1.54) is 19.3 Å². The van der Waals surface area contributed by atoms with Crippen LogP contribution in [-0.2, 0) is 6.54 Å². The molecule has 3 nitrogen and oxygen atoms in total. The van der Waals surface area contributed by atoms with Crippen molar-refractivity contribution in [1.82, 2.24) is 10.3 Å². The lowest BCUT2D eigenvalue weighted by atomic mass is 9.92. The average Bonchev–Trinajstić information content (AvgIpc) is 2.24. The van der Waals surface area contributed by atoms with Gasteiger partial charge in [0, 0.05) is 25.7 Å². The lowest BCUT2D eigenvalue weighted by Gasteiger charge is -2.35. The Bertz CT molecular complexity index is 358. The second-order valence-electron chi connectivity index (χ2n) is 5.22. The summed E-state index contributed by atoms with van der Waals surface area (Å²) in [6, 6.07) is 7.51. The zero-order chi connectivity index (χ0) is 12.3. The van der Waals surface area contributed by atoms with Gasteiger partial charge in [0.1, 0.15) is 5.82 Å². The Morgan fingerprint density at radius 1 is 1.41 bits per heavy atom. The summed E-state index contributed by atoms with van der Waals surface area (Å²) in [7, 11) is 2.16. The lowest BCUT2D eigenvalue weighted by Crippen LogP contribution is -2.37. The number of anilines is 1. The van der Waals surface area contributed by atoms with Gasteiger partial charge in [-0.3, -0.25) is 0 Å². The van der Waals surface area contributed by atoms with Gasteiger partial charge in [-0.25, -0.2) is 4.98 Å². The molecule has 1 aromatic heterocycles. The van der Waals surface area contributed by atoms with E-state index in [1.54, 1.807) is 0 Å². The Hall–Kier alpha value is -1.09. The molecule has 1 aliphatic carbocycles. The van der Waals surface area contributed by atoms with Crippen LogP contribution in [-0.4, -0.2) is 24.1 Å². The molecule has 1 aliphatic rings. The molecule has 94 valence electrons. The smallest absolute Gasteiger partial charge is 0.128 e. The number of hydrogen-bond donors (Lipinski definition) is 1. The molecule has 0 bridgehead atoms. The van der Waals surface area contributed by atoms with Crippen LogP contribution in [0.5, 0.6) is 0 Å². The molecule has 0 amide bonds. The van der Waals surface area contributed by atoms with E-state index in [1.807, 2.05) is 0 Å². The highest BCUT2D eigenvalue weighted by Crippen LogP contribution is 2.26. The molecule has 0 aliphatic heterocycles. The van der Waals surface area contributed by atoms with Crippen LogP contribution in [0, 0.1) is 0 Å². The molecule has 3 heteroatoms. The van der Waals surface area contributed by atoms with Gasteiger partial charge in [0.15, 0.2) is 0 Å². The van der Waals surface area contributed by atoms with E-state index < -0.39 is 0 Å². The number of nitrogens with one attached hydrogen (secondary N) is 1. The van der Waals surface area contributed by atoms with Gasteiger partial charge in [-0.15, -0.1) is 0 Å². The Labute approximate surface area is 104 Å². The third-order valence-electron chi connectivity index (χ3n) is 3.47. The molecule has 1 heterocycles. The summed E-state index contributed by atoms with van der Waals surface area (Å²) in [5, 5.41) is 3.40. The van der Waals surface area contributed by atoms with Crippen molar-refractivity contribution in [2.24, 2.45) is 0 Å². The fourth-order valence-corrected chi connectivity index (χ4v) is 2.03. The Morgan fingerprint density at radius 3 is 2.76 bits per heavy atom. The summed E-state index contributed by atoms with van der Waals surface area (Å²) < 4.78 is 0. The van der Waals surface area contributed by atoms with E-state index in [2.05, 4.69) is 49.3 Å². The minimum atomic E-state index is 0.504. The van der Waals surface area contributed by atoms with Crippen LogP contribution in [0.15, 0.2) is 18.2 Å². The van der Waals surface area contributed by atoms with E-state index in [0.29, 0.717) is 12.1 Å². The van der Waals surface area contributed by atoms with Crippen molar-refractivity contribution in [3.8, 4) is 0 Å². The van der Waals surface area contributed by atoms with Gasteiger partial charge in [0.25, 0.3) is 0 Å². The Kier molecular flexibility index (Phi) is 4.00. The van der Waals surface area contributed by atoms with Crippen molar-refractivity contribution in [2.75, 3.05) is 11.9 Å². The SMILES string of the molecule is CC(C)NCc1cccc(N(C)C2CCC2)n1. The van der Waals surface area contributed by atoms with E-state index in [0.717, 1.165) is 18.1 Å². The lowest BCUT2D eigenvalue weighted by molar-refractivity contribution is 0.399. The highest BCUT2D eigenvalue weighted by atomic mass is 15.2. The van der Waals surface area contributed by atoms with Gasteiger partial charge in [-0.1, -0.05) is 19.9 Å². The number of nitrogens with zero attached hydrogens (tertiary/aromatic N) is 2. The first-order valence-electron chi connectivity index (χ1n) is 6.59. The number of hydrogen-bond acceptors (Lipinski definition) is 3. The molecule has 1 aromatic rings. The predicted molar refractivity (Wildman–Crippen MR) is 72.3 cm³/mol. The molecule has 0 saturated heterocycles. The third kappa shape index (κ3) is 3.19. The first-order chi connectivity index (χ1) is 8.16. The molecule has 0 aromatic carbocycles. The van der Waals surface area contributed by atoms with Gasteiger partial charge in [-0.05, 0) is 31.4 Å². The summed E-state index contributed by atoms with van der Waals surface area (Å²) in [4.78, 5) is 7.03. The van der Waals surface area contributed by atoms with Crippen LogP contribution in [0.25, 0.3) is 0 Å². The van der Waals surface area contributed by atoms with Crippen LogP contribution in [0.4, 0.5) is 5.82 Å². The molecule has 1 N–H and O–H groups in total. The van der Waals surface area contributed by atoms with Gasteiger partial charge in [0.2, 0.25) is 0 Å². The van der Waals surface area contributed by atoms with E-state index in [4.69, 9.17) is 4.98 Å². The topological polar surface area (TPSA) is 28.2 Å². The maximum Gasteiger partial charge on any atom is 0.128 e. The summed E-state index contributed by atoms with van der Waals surface area (Å²) in [5.41, 5.74) is 1.13. The van der Waals surface area contributed by atoms with Crippen molar-refractivity contribution in [2.45, 2.75) is 51.7 Å². The highest BCUT2D eigenvalue weighted by Gasteiger charge is 2.22. The Balaban J connectivity index is 2.00. The van der Waals surface area contributed by atoms with Gasteiger partial charge in [0.05, 0.1) is 5.69 Å².